The topological polar surface area (TPSA) is 102 Å². The number of aliphatic hydroxyl groups excluding tert-OH is 1. The van der Waals surface area contributed by atoms with Gasteiger partial charge in [0.1, 0.15) is 5.76 Å². The monoisotopic (exact) mass is 437 g/mol. The fourth-order valence-electron chi connectivity index (χ4n) is 3.47. The Hall–Kier alpha value is -3.72. The van der Waals surface area contributed by atoms with Crippen LogP contribution in [0.25, 0.3) is 5.76 Å². The standard InChI is InChI=1S/C22H19N3O5S/c1-3-30-15-5-4-14(12-16(15)29-2)18-17(19(26)13-6-8-23-9-7-13)20(27)21(28)25(18)22-24-10-11-31-22/h4-12,18,26H,3H2,1-2H3/b19-17+. The SMILES string of the molecule is CCOc1ccc(C2/C(=C(\O)c3ccncc3)C(=O)C(=O)N2c2nccs2)cc1OC. The summed E-state index contributed by atoms with van der Waals surface area (Å²) in [7, 11) is 1.51. The first-order chi connectivity index (χ1) is 15.1. The molecule has 1 saturated heterocycles. The largest absolute Gasteiger partial charge is 0.507 e. The Morgan fingerprint density at radius 3 is 2.58 bits per heavy atom. The molecule has 1 aliphatic rings. The van der Waals surface area contributed by atoms with E-state index in [4.69, 9.17) is 9.47 Å². The van der Waals surface area contributed by atoms with Crippen molar-refractivity contribution in [3.05, 3.63) is 71.0 Å². The van der Waals surface area contributed by atoms with Gasteiger partial charge in [-0.15, -0.1) is 11.3 Å². The lowest BCUT2D eigenvalue weighted by Crippen LogP contribution is -2.29. The number of ketones is 1. The number of nitrogens with zero attached hydrogens (tertiary/aromatic N) is 3. The number of methoxy groups -OCH3 is 1. The second kappa shape index (κ2) is 8.57. The zero-order valence-electron chi connectivity index (χ0n) is 16.8. The molecule has 1 fully saturated rings. The highest BCUT2D eigenvalue weighted by atomic mass is 32.1. The first-order valence-corrected chi connectivity index (χ1v) is 10.4. The number of ether oxygens (including phenoxy) is 2. The molecule has 1 N–H and O–H groups in total. The molecule has 1 aromatic carbocycles. The average molecular weight is 437 g/mol. The van der Waals surface area contributed by atoms with Crippen molar-refractivity contribution in [2.75, 3.05) is 18.6 Å². The summed E-state index contributed by atoms with van der Waals surface area (Å²) in [4.78, 5) is 35.5. The lowest BCUT2D eigenvalue weighted by molar-refractivity contribution is -0.132. The van der Waals surface area contributed by atoms with Crippen molar-refractivity contribution in [1.82, 2.24) is 9.97 Å². The van der Waals surface area contributed by atoms with Gasteiger partial charge in [0, 0.05) is 29.5 Å². The number of Topliss-reactive ketones (excluding diaryl/α,β-unsaturated/α-hetero) is 1. The number of carbonyl (C=O) groups is 2. The Balaban J connectivity index is 1.93. The van der Waals surface area contributed by atoms with E-state index in [0.29, 0.717) is 34.4 Å². The summed E-state index contributed by atoms with van der Waals surface area (Å²) < 4.78 is 11.0. The molecule has 9 heteroatoms. The van der Waals surface area contributed by atoms with Crippen LogP contribution in [0, 0.1) is 0 Å². The molecular weight excluding hydrogens is 418 g/mol. The van der Waals surface area contributed by atoms with Crippen molar-refractivity contribution in [2.45, 2.75) is 13.0 Å². The Bertz CT molecular complexity index is 1150. The van der Waals surface area contributed by atoms with Gasteiger partial charge < -0.3 is 14.6 Å². The molecule has 0 saturated carbocycles. The molecule has 1 unspecified atom stereocenters. The number of aromatic nitrogens is 2. The van der Waals surface area contributed by atoms with E-state index in [2.05, 4.69) is 9.97 Å². The second-order valence-corrected chi connectivity index (χ2v) is 7.44. The smallest absolute Gasteiger partial charge is 0.301 e. The number of benzene rings is 1. The summed E-state index contributed by atoms with van der Waals surface area (Å²) >= 11 is 1.23. The maximum Gasteiger partial charge on any atom is 0.301 e. The highest BCUT2D eigenvalue weighted by Gasteiger charge is 2.48. The number of rotatable bonds is 6. The third kappa shape index (κ3) is 3.64. The fourth-order valence-corrected chi connectivity index (χ4v) is 4.14. The van der Waals surface area contributed by atoms with Gasteiger partial charge in [0.15, 0.2) is 16.6 Å². The Morgan fingerprint density at radius 1 is 1.16 bits per heavy atom. The van der Waals surface area contributed by atoms with Crippen LogP contribution in [0.1, 0.15) is 24.1 Å². The average Bonchev–Trinajstić information content (AvgIpc) is 3.41. The lowest BCUT2D eigenvalue weighted by atomic mass is 9.95. The minimum atomic E-state index is -0.885. The molecule has 31 heavy (non-hydrogen) atoms. The van der Waals surface area contributed by atoms with Crippen molar-refractivity contribution >= 4 is 33.9 Å². The molecule has 0 radical (unpaired) electrons. The Labute approximate surface area is 182 Å². The van der Waals surface area contributed by atoms with Crippen LogP contribution in [0.15, 0.2) is 59.9 Å². The molecule has 1 aliphatic heterocycles. The van der Waals surface area contributed by atoms with Crippen molar-refractivity contribution < 1.29 is 24.2 Å². The van der Waals surface area contributed by atoms with E-state index in [0.717, 1.165) is 0 Å². The fraction of sp³-hybridized carbons (Fsp3) is 0.182. The Kier molecular flexibility index (Phi) is 5.68. The number of anilines is 1. The predicted molar refractivity (Wildman–Crippen MR) is 115 cm³/mol. The van der Waals surface area contributed by atoms with Crippen LogP contribution >= 0.6 is 11.3 Å². The molecule has 0 spiro atoms. The van der Waals surface area contributed by atoms with Gasteiger partial charge >= 0.3 is 5.91 Å². The third-order valence-corrected chi connectivity index (χ3v) is 5.60. The van der Waals surface area contributed by atoms with Crippen molar-refractivity contribution in [3.8, 4) is 11.5 Å². The van der Waals surface area contributed by atoms with Gasteiger partial charge in [-0.1, -0.05) is 6.07 Å². The molecule has 1 amide bonds. The van der Waals surface area contributed by atoms with Crippen molar-refractivity contribution in [2.24, 2.45) is 0 Å². The predicted octanol–water partition coefficient (Wildman–Crippen LogP) is 3.57. The normalized spacial score (nSPS) is 17.7. The van der Waals surface area contributed by atoms with Gasteiger partial charge in [0.2, 0.25) is 0 Å². The number of aliphatic hydroxyl groups is 1. The lowest BCUT2D eigenvalue weighted by Gasteiger charge is -2.23. The summed E-state index contributed by atoms with van der Waals surface area (Å²) in [6.07, 6.45) is 4.56. The third-order valence-electron chi connectivity index (χ3n) is 4.83. The van der Waals surface area contributed by atoms with Gasteiger partial charge in [-0.25, -0.2) is 4.98 Å². The van der Waals surface area contributed by atoms with Gasteiger partial charge in [-0.05, 0) is 36.8 Å². The maximum atomic E-state index is 13.0. The van der Waals surface area contributed by atoms with E-state index >= 15 is 0 Å². The molecule has 158 valence electrons. The first-order valence-electron chi connectivity index (χ1n) is 9.48. The zero-order chi connectivity index (χ0) is 22.0. The van der Waals surface area contributed by atoms with E-state index in [-0.39, 0.29) is 11.3 Å². The van der Waals surface area contributed by atoms with E-state index in [1.54, 1.807) is 41.9 Å². The second-order valence-electron chi connectivity index (χ2n) is 6.56. The van der Waals surface area contributed by atoms with E-state index in [1.165, 1.54) is 35.7 Å². The van der Waals surface area contributed by atoms with Gasteiger partial charge in [-0.3, -0.25) is 19.5 Å². The minimum Gasteiger partial charge on any atom is -0.507 e. The van der Waals surface area contributed by atoms with Crippen molar-refractivity contribution in [1.29, 1.82) is 0 Å². The molecule has 0 bridgehead atoms. The number of pyridine rings is 1. The summed E-state index contributed by atoms with van der Waals surface area (Å²) in [6, 6.07) is 7.41. The van der Waals surface area contributed by atoms with Crippen LogP contribution < -0.4 is 14.4 Å². The van der Waals surface area contributed by atoms with Gasteiger partial charge in [-0.2, -0.15) is 0 Å². The van der Waals surface area contributed by atoms with Crippen LogP contribution in [0.2, 0.25) is 0 Å². The van der Waals surface area contributed by atoms with Crippen LogP contribution in [0.5, 0.6) is 11.5 Å². The number of hydrogen-bond donors (Lipinski definition) is 1. The summed E-state index contributed by atoms with van der Waals surface area (Å²) in [5.41, 5.74) is 0.929. The number of hydrogen-bond acceptors (Lipinski definition) is 8. The van der Waals surface area contributed by atoms with Gasteiger partial charge in [0.25, 0.3) is 5.78 Å². The van der Waals surface area contributed by atoms with Crippen molar-refractivity contribution in [3.63, 3.8) is 0 Å². The van der Waals surface area contributed by atoms with Crippen LogP contribution in [-0.4, -0.2) is 40.5 Å². The highest BCUT2D eigenvalue weighted by Crippen LogP contribution is 2.44. The van der Waals surface area contributed by atoms with Gasteiger partial charge in [0.05, 0.1) is 25.3 Å². The molecule has 1 atom stereocenters. The maximum absolute atomic E-state index is 13.0. The molecule has 3 heterocycles. The molecule has 4 rings (SSSR count). The van der Waals surface area contributed by atoms with E-state index < -0.39 is 17.7 Å². The molecule has 3 aromatic rings. The van der Waals surface area contributed by atoms with Crippen LogP contribution in [0.4, 0.5) is 5.13 Å². The van der Waals surface area contributed by atoms with Crippen LogP contribution in [-0.2, 0) is 9.59 Å². The molecule has 2 aromatic heterocycles. The van der Waals surface area contributed by atoms with E-state index in [9.17, 15) is 14.7 Å². The molecule has 0 aliphatic carbocycles. The minimum absolute atomic E-state index is 0.0300. The van der Waals surface area contributed by atoms with E-state index in [1.807, 2.05) is 6.92 Å². The molecule has 8 nitrogen and oxygen atoms in total. The summed E-state index contributed by atoms with van der Waals surface area (Å²) in [5, 5.41) is 13.1. The number of thiazole rings is 1. The Morgan fingerprint density at radius 2 is 1.94 bits per heavy atom. The molecular formula is C22H19N3O5S. The number of amides is 1. The first kappa shape index (κ1) is 20.5. The number of carbonyl (C=O) groups excluding carboxylic acids is 2. The summed E-state index contributed by atoms with van der Waals surface area (Å²) in [5.74, 6) is -0.842. The van der Waals surface area contributed by atoms with Crippen LogP contribution in [0.3, 0.4) is 0 Å². The quantitative estimate of drug-likeness (QED) is 0.357. The zero-order valence-corrected chi connectivity index (χ0v) is 17.6. The summed E-state index contributed by atoms with van der Waals surface area (Å²) in [6.45, 7) is 2.31. The highest BCUT2D eigenvalue weighted by molar-refractivity contribution is 7.14.